The molecule has 22 heavy (non-hydrogen) atoms. The Morgan fingerprint density at radius 3 is 2.77 bits per heavy atom. The van der Waals surface area contributed by atoms with Gasteiger partial charge in [-0.2, -0.15) is 0 Å². The van der Waals surface area contributed by atoms with E-state index in [0.717, 1.165) is 11.3 Å². The van der Waals surface area contributed by atoms with E-state index in [1.54, 1.807) is 23.9 Å². The molecule has 1 amide bonds. The summed E-state index contributed by atoms with van der Waals surface area (Å²) in [7, 11) is 0. The quantitative estimate of drug-likeness (QED) is 0.746. The number of para-hydroxylation sites is 2. The molecule has 116 valence electrons. The van der Waals surface area contributed by atoms with E-state index in [1.165, 1.54) is 0 Å². The van der Waals surface area contributed by atoms with Crippen LogP contribution in [-0.4, -0.2) is 18.8 Å². The van der Waals surface area contributed by atoms with Crippen LogP contribution in [0.15, 0.2) is 47.4 Å². The molecule has 2 rings (SSSR count). The summed E-state index contributed by atoms with van der Waals surface area (Å²) in [6.45, 7) is 2.64. The number of rotatable bonds is 6. The highest BCUT2D eigenvalue weighted by atomic mass is 35.5. The van der Waals surface area contributed by atoms with E-state index in [0.29, 0.717) is 28.6 Å². The average molecular weight is 336 g/mol. The number of halogens is 1. The Morgan fingerprint density at radius 2 is 2.05 bits per heavy atom. The third-order valence-electron chi connectivity index (χ3n) is 3.02. The highest BCUT2D eigenvalue weighted by Gasteiger charge is 2.13. The molecule has 0 unspecified atom stereocenters. The largest absolute Gasteiger partial charge is 0.491 e. The summed E-state index contributed by atoms with van der Waals surface area (Å²) >= 11 is 7.70. The normalized spacial score (nSPS) is 10.3. The Hall–Kier alpha value is -1.65. The van der Waals surface area contributed by atoms with E-state index in [-0.39, 0.29) is 5.91 Å². The van der Waals surface area contributed by atoms with Crippen molar-refractivity contribution >= 4 is 35.0 Å². The second-order valence-electron chi connectivity index (χ2n) is 4.64. The molecule has 5 heteroatoms. The van der Waals surface area contributed by atoms with Gasteiger partial charge in [0.2, 0.25) is 0 Å². The van der Waals surface area contributed by atoms with Gasteiger partial charge in [-0.05, 0) is 43.0 Å². The number of amides is 1. The maximum absolute atomic E-state index is 12.5. The molecule has 3 nitrogen and oxygen atoms in total. The number of benzene rings is 2. The minimum Gasteiger partial charge on any atom is -0.491 e. The summed E-state index contributed by atoms with van der Waals surface area (Å²) in [6.07, 6.45) is 2.86. The SMILES string of the molecule is CCCOc1ccccc1NC(=O)c1cc(SC)ccc1Cl. The number of carbonyl (C=O) groups excluding carboxylic acids is 1. The van der Waals surface area contributed by atoms with Crippen molar-refractivity contribution in [2.75, 3.05) is 18.2 Å². The second kappa shape index (κ2) is 8.11. The summed E-state index contributed by atoms with van der Waals surface area (Å²) in [6, 6.07) is 12.8. The number of hydrogen-bond donors (Lipinski definition) is 1. The van der Waals surface area contributed by atoms with E-state index in [4.69, 9.17) is 16.3 Å². The van der Waals surface area contributed by atoms with Crippen LogP contribution in [-0.2, 0) is 0 Å². The first-order valence-electron chi connectivity index (χ1n) is 7.02. The van der Waals surface area contributed by atoms with Crippen LogP contribution in [0, 0.1) is 0 Å². The van der Waals surface area contributed by atoms with Crippen molar-refractivity contribution in [2.45, 2.75) is 18.2 Å². The van der Waals surface area contributed by atoms with Crippen molar-refractivity contribution in [1.82, 2.24) is 0 Å². The van der Waals surface area contributed by atoms with Gasteiger partial charge in [-0.25, -0.2) is 0 Å². The number of thioether (sulfide) groups is 1. The predicted octanol–water partition coefficient (Wildman–Crippen LogP) is 5.10. The zero-order chi connectivity index (χ0) is 15.9. The van der Waals surface area contributed by atoms with Gasteiger partial charge >= 0.3 is 0 Å². The monoisotopic (exact) mass is 335 g/mol. The Balaban J connectivity index is 2.22. The van der Waals surface area contributed by atoms with Crippen LogP contribution < -0.4 is 10.1 Å². The van der Waals surface area contributed by atoms with Gasteiger partial charge in [0.1, 0.15) is 5.75 Å². The molecule has 0 heterocycles. The summed E-state index contributed by atoms with van der Waals surface area (Å²) in [4.78, 5) is 13.5. The Bertz CT molecular complexity index is 661. The molecule has 0 radical (unpaired) electrons. The van der Waals surface area contributed by atoms with Crippen LogP contribution in [0.2, 0.25) is 5.02 Å². The van der Waals surface area contributed by atoms with Crippen molar-refractivity contribution in [3.8, 4) is 5.75 Å². The molecule has 2 aromatic carbocycles. The lowest BCUT2D eigenvalue weighted by Crippen LogP contribution is -2.13. The number of nitrogens with one attached hydrogen (secondary N) is 1. The summed E-state index contributed by atoms with van der Waals surface area (Å²) in [5.41, 5.74) is 1.10. The van der Waals surface area contributed by atoms with Crippen molar-refractivity contribution in [1.29, 1.82) is 0 Å². The van der Waals surface area contributed by atoms with E-state index in [2.05, 4.69) is 5.32 Å². The molecule has 0 aliphatic heterocycles. The molecule has 2 aromatic rings. The minimum atomic E-state index is -0.242. The van der Waals surface area contributed by atoms with Crippen molar-refractivity contribution in [3.05, 3.63) is 53.1 Å². The first-order valence-corrected chi connectivity index (χ1v) is 8.62. The van der Waals surface area contributed by atoms with Crippen molar-refractivity contribution in [2.24, 2.45) is 0 Å². The molecule has 0 aliphatic rings. The standard InChI is InChI=1S/C17H18ClNO2S/c1-3-10-21-16-7-5-4-6-15(16)19-17(20)13-11-12(22-2)8-9-14(13)18/h4-9,11H,3,10H2,1-2H3,(H,19,20). The smallest absolute Gasteiger partial charge is 0.257 e. The number of ether oxygens (including phenoxy) is 1. The van der Waals surface area contributed by atoms with E-state index in [1.807, 2.05) is 43.5 Å². The Morgan fingerprint density at radius 1 is 1.27 bits per heavy atom. The molecule has 0 aliphatic carbocycles. The lowest BCUT2D eigenvalue weighted by atomic mass is 10.2. The predicted molar refractivity (Wildman–Crippen MR) is 93.4 cm³/mol. The fourth-order valence-electron chi connectivity index (χ4n) is 1.90. The van der Waals surface area contributed by atoms with Gasteiger partial charge in [0.05, 0.1) is 22.9 Å². The molecule has 1 N–H and O–H groups in total. The number of hydrogen-bond acceptors (Lipinski definition) is 3. The van der Waals surface area contributed by atoms with Crippen LogP contribution in [0.1, 0.15) is 23.7 Å². The fourth-order valence-corrected chi connectivity index (χ4v) is 2.55. The van der Waals surface area contributed by atoms with E-state index in [9.17, 15) is 4.79 Å². The zero-order valence-electron chi connectivity index (χ0n) is 12.6. The Labute approximate surface area is 140 Å². The minimum absolute atomic E-state index is 0.242. The third kappa shape index (κ3) is 4.18. The molecule has 0 fully saturated rings. The lowest BCUT2D eigenvalue weighted by Gasteiger charge is -2.13. The van der Waals surface area contributed by atoms with Crippen LogP contribution in [0.4, 0.5) is 5.69 Å². The number of anilines is 1. The van der Waals surface area contributed by atoms with Crippen LogP contribution in [0.25, 0.3) is 0 Å². The van der Waals surface area contributed by atoms with Gasteiger partial charge in [0.25, 0.3) is 5.91 Å². The molecule has 0 aromatic heterocycles. The summed E-state index contributed by atoms with van der Waals surface area (Å²) in [5.74, 6) is 0.420. The molecular formula is C17H18ClNO2S. The van der Waals surface area contributed by atoms with Gasteiger partial charge in [-0.3, -0.25) is 4.79 Å². The highest BCUT2D eigenvalue weighted by Crippen LogP contribution is 2.27. The van der Waals surface area contributed by atoms with E-state index >= 15 is 0 Å². The third-order valence-corrected chi connectivity index (χ3v) is 4.07. The van der Waals surface area contributed by atoms with Crippen molar-refractivity contribution in [3.63, 3.8) is 0 Å². The zero-order valence-corrected chi connectivity index (χ0v) is 14.1. The second-order valence-corrected chi connectivity index (χ2v) is 5.93. The first-order chi connectivity index (χ1) is 10.7. The maximum atomic E-state index is 12.5. The molecule has 0 atom stereocenters. The first kappa shape index (κ1) is 16.7. The molecule has 0 bridgehead atoms. The van der Waals surface area contributed by atoms with Gasteiger partial charge in [0.15, 0.2) is 0 Å². The van der Waals surface area contributed by atoms with Crippen LogP contribution in [0.3, 0.4) is 0 Å². The fraction of sp³-hybridized carbons (Fsp3) is 0.235. The summed E-state index contributed by atoms with van der Waals surface area (Å²) in [5, 5.41) is 3.30. The van der Waals surface area contributed by atoms with Gasteiger partial charge < -0.3 is 10.1 Å². The highest BCUT2D eigenvalue weighted by molar-refractivity contribution is 7.98. The molecule has 0 spiro atoms. The topological polar surface area (TPSA) is 38.3 Å². The van der Waals surface area contributed by atoms with Crippen LogP contribution in [0.5, 0.6) is 5.75 Å². The number of carbonyl (C=O) groups is 1. The molecule has 0 saturated carbocycles. The summed E-state index contributed by atoms with van der Waals surface area (Å²) < 4.78 is 5.65. The maximum Gasteiger partial charge on any atom is 0.257 e. The van der Waals surface area contributed by atoms with E-state index < -0.39 is 0 Å². The Kier molecular flexibility index (Phi) is 6.16. The van der Waals surface area contributed by atoms with Gasteiger partial charge in [0, 0.05) is 4.90 Å². The van der Waals surface area contributed by atoms with Gasteiger partial charge in [-0.15, -0.1) is 11.8 Å². The van der Waals surface area contributed by atoms with Gasteiger partial charge in [-0.1, -0.05) is 30.7 Å². The lowest BCUT2D eigenvalue weighted by molar-refractivity contribution is 0.102. The molecular weight excluding hydrogens is 318 g/mol. The molecule has 0 saturated heterocycles. The average Bonchev–Trinajstić information content (AvgIpc) is 2.54. The van der Waals surface area contributed by atoms with Crippen LogP contribution >= 0.6 is 23.4 Å². The van der Waals surface area contributed by atoms with Crippen molar-refractivity contribution < 1.29 is 9.53 Å².